The van der Waals surface area contributed by atoms with Gasteiger partial charge >= 0.3 is 6.18 Å². The first-order valence-corrected chi connectivity index (χ1v) is 9.01. The Balaban J connectivity index is 1.94. The first-order chi connectivity index (χ1) is 12.8. The summed E-state index contributed by atoms with van der Waals surface area (Å²) in [4.78, 5) is 14.5. The number of rotatable bonds is 5. The van der Waals surface area contributed by atoms with E-state index in [9.17, 15) is 18.0 Å². The van der Waals surface area contributed by atoms with Crippen molar-refractivity contribution in [1.29, 1.82) is 0 Å². The van der Waals surface area contributed by atoms with Gasteiger partial charge in [-0.25, -0.2) is 0 Å². The molecule has 1 fully saturated rings. The number of likely N-dealkylation sites (N-methyl/N-ethyl adjacent to an activating group) is 1. The largest absolute Gasteiger partial charge is 0.416 e. The van der Waals surface area contributed by atoms with E-state index in [-0.39, 0.29) is 16.8 Å². The molecule has 9 heteroatoms. The van der Waals surface area contributed by atoms with E-state index in [1.165, 1.54) is 18.3 Å². The molecule has 5 nitrogen and oxygen atoms in total. The number of ether oxygens (including phenoxy) is 1. The summed E-state index contributed by atoms with van der Waals surface area (Å²) in [5.41, 5.74) is -1.07. The molecular weight excluding hydrogens is 383 g/mol. The topological polar surface area (TPSA) is 47.4 Å². The van der Waals surface area contributed by atoms with E-state index in [1.54, 1.807) is 0 Å². The number of anilines is 1. The van der Waals surface area contributed by atoms with Gasteiger partial charge in [0.1, 0.15) is 5.02 Å². The lowest BCUT2D eigenvalue weighted by molar-refractivity contribution is -0.137. The molecule has 0 saturated carbocycles. The van der Waals surface area contributed by atoms with Crippen LogP contribution in [0.25, 0.3) is 5.69 Å². The summed E-state index contributed by atoms with van der Waals surface area (Å²) < 4.78 is 45.3. The number of aromatic nitrogens is 2. The van der Waals surface area contributed by atoms with Crippen LogP contribution < -0.4 is 10.5 Å². The van der Waals surface area contributed by atoms with Gasteiger partial charge in [0.2, 0.25) is 0 Å². The van der Waals surface area contributed by atoms with Crippen LogP contribution in [0.3, 0.4) is 0 Å². The Kier molecular flexibility index (Phi) is 5.76. The number of halogens is 4. The van der Waals surface area contributed by atoms with Gasteiger partial charge in [-0.15, -0.1) is 0 Å². The van der Waals surface area contributed by atoms with Crippen molar-refractivity contribution in [3.05, 3.63) is 51.4 Å². The molecule has 1 aliphatic rings. The second-order valence-electron chi connectivity index (χ2n) is 6.28. The van der Waals surface area contributed by atoms with Gasteiger partial charge in [0, 0.05) is 19.7 Å². The average molecular weight is 402 g/mol. The summed E-state index contributed by atoms with van der Waals surface area (Å²) >= 11 is 6.26. The smallest absolute Gasteiger partial charge is 0.376 e. The molecule has 146 valence electrons. The van der Waals surface area contributed by atoms with Crippen molar-refractivity contribution in [2.45, 2.75) is 32.0 Å². The van der Waals surface area contributed by atoms with Crippen molar-refractivity contribution in [1.82, 2.24) is 9.78 Å². The third-order valence-electron chi connectivity index (χ3n) is 4.49. The Bertz CT molecular complexity index is 864. The maximum atomic E-state index is 12.9. The van der Waals surface area contributed by atoms with E-state index < -0.39 is 17.3 Å². The van der Waals surface area contributed by atoms with Crippen LogP contribution >= 0.6 is 11.6 Å². The minimum atomic E-state index is -4.51. The maximum absolute atomic E-state index is 12.9. The van der Waals surface area contributed by atoms with E-state index in [2.05, 4.69) is 5.10 Å². The van der Waals surface area contributed by atoms with Crippen LogP contribution in [0, 0.1) is 0 Å². The van der Waals surface area contributed by atoms with Crippen LogP contribution in [-0.4, -0.2) is 35.6 Å². The van der Waals surface area contributed by atoms with Crippen LogP contribution in [0.2, 0.25) is 5.02 Å². The van der Waals surface area contributed by atoms with E-state index in [0.29, 0.717) is 25.4 Å². The predicted octanol–water partition coefficient (Wildman–Crippen LogP) is 3.91. The van der Waals surface area contributed by atoms with Crippen molar-refractivity contribution in [3.8, 4) is 5.69 Å². The Morgan fingerprint density at radius 1 is 1.41 bits per heavy atom. The third-order valence-corrected chi connectivity index (χ3v) is 4.84. The van der Waals surface area contributed by atoms with E-state index in [1.807, 2.05) is 11.8 Å². The monoisotopic (exact) mass is 401 g/mol. The molecule has 1 atom stereocenters. The van der Waals surface area contributed by atoms with Crippen molar-refractivity contribution >= 4 is 17.3 Å². The molecule has 2 aromatic rings. The molecule has 0 spiro atoms. The summed E-state index contributed by atoms with van der Waals surface area (Å²) in [7, 11) is 0. The van der Waals surface area contributed by atoms with Gasteiger partial charge in [-0.2, -0.15) is 23.0 Å². The summed E-state index contributed by atoms with van der Waals surface area (Å²) in [6.45, 7) is 3.80. The lowest BCUT2D eigenvalue weighted by atomic mass is 10.2. The van der Waals surface area contributed by atoms with Crippen LogP contribution in [0.1, 0.15) is 25.3 Å². The Morgan fingerprint density at radius 2 is 2.19 bits per heavy atom. The molecule has 1 unspecified atom stereocenters. The lowest BCUT2D eigenvalue weighted by Crippen LogP contribution is -2.34. The third kappa shape index (κ3) is 4.27. The normalized spacial score (nSPS) is 17.3. The molecule has 3 rings (SSSR count). The van der Waals surface area contributed by atoms with Crippen LogP contribution in [-0.2, 0) is 10.9 Å². The second kappa shape index (κ2) is 7.90. The molecule has 0 bridgehead atoms. The highest BCUT2D eigenvalue weighted by molar-refractivity contribution is 6.33. The standard InChI is InChI=1S/C18H19ClF3N3O2/c1-2-24(11-14-7-4-8-27-14)15-10-23-25(17(26)16(15)19)13-6-3-5-12(9-13)18(20,21)22/h3,5-6,9-10,14H,2,4,7-8,11H2,1H3. The van der Waals surface area contributed by atoms with Crippen LogP contribution in [0.5, 0.6) is 0 Å². The first kappa shape index (κ1) is 19.7. The number of hydrogen-bond donors (Lipinski definition) is 0. The van der Waals surface area contributed by atoms with Crippen molar-refractivity contribution < 1.29 is 17.9 Å². The molecule has 1 aliphatic heterocycles. The van der Waals surface area contributed by atoms with E-state index in [4.69, 9.17) is 16.3 Å². The van der Waals surface area contributed by atoms with Gasteiger partial charge in [-0.05, 0) is 38.0 Å². The minimum Gasteiger partial charge on any atom is -0.376 e. The summed E-state index contributed by atoms with van der Waals surface area (Å²) in [5.74, 6) is 0. The number of nitrogens with zero attached hydrogens (tertiary/aromatic N) is 3. The Labute approximate surface area is 159 Å². The second-order valence-corrected chi connectivity index (χ2v) is 6.66. The van der Waals surface area contributed by atoms with E-state index >= 15 is 0 Å². The number of benzene rings is 1. The van der Waals surface area contributed by atoms with Crippen LogP contribution in [0.15, 0.2) is 35.3 Å². The predicted molar refractivity (Wildman–Crippen MR) is 96.7 cm³/mol. The van der Waals surface area contributed by atoms with Gasteiger partial charge in [0.15, 0.2) is 0 Å². The van der Waals surface area contributed by atoms with Gasteiger partial charge in [0.05, 0.1) is 29.2 Å². The summed E-state index contributed by atoms with van der Waals surface area (Å²) in [6.07, 6.45) is -1.12. The quantitative estimate of drug-likeness (QED) is 0.762. The molecule has 1 aromatic heterocycles. The van der Waals surface area contributed by atoms with Crippen molar-refractivity contribution in [2.75, 3.05) is 24.6 Å². The highest BCUT2D eigenvalue weighted by atomic mass is 35.5. The molecular formula is C18H19ClF3N3O2. The van der Waals surface area contributed by atoms with Gasteiger partial charge in [0.25, 0.3) is 5.56 Å². The Hall–Kier alpha value is -2.06. The number of alkyl halides is 3. The fourth-order valence-electron chi connectivity index (χ4n) is 3.07. The van der Waals surface area contributed by atoms with Gasteiger partial charge in [-0.1, -0.05) is 17.7 Å². The van der Waals surface area contributed by atoms with Gasteiger partial charge in [-0.3, -0.25) is 4.79 Å². The van der Waals surface area contributed by atoms with Crippen molar-refractivity contribution in [2.24, 2.45) is 0 Å². The molecule has 1 saturated heterocycles. The van der Waals surface area contributed by atoms with Crippen LogP contribution in [0.4, 0.5) is 18.9 Å². The highest BCUT2D eigenvalue weighted by Gasteiger charge is 2.31. The van der Waals surface area contributed by atoms with Crippen molar-refractivity contribution in [3.63, 3.8) is 0 Å². The fraction of sp³-hybridized carbons (Fsp3) is 0.444. The fourth-order valence-corrected chi connectivity index (χ4v) is 3.32. The number of hydrogen-bond acceptors (Lipinski definition) is 4. The lowest BCUT2D eigenvalue weighted by Gasteiger charge is -2.26. The summed E-state index contributed by atoms with van der Waals surface area (Å²) in [5, 5.41) is 3.96. The first-order valence-electron chi connectivity index (χ1n) is 8.63. The average Bonchev–Trinajstić information content (AvgIpc) is 3.15. The maximum Gasteiger partial charge on any atom is 0.416 e. The molecule has 0 aliphatic carbocycles. The SMILES string of the molecule is CCN(CC1CCCO1)c1cnn(-c2cccc(C(F)(F)F)c2)c(=O)c1Cl. The minimum absolute atomic E-state index is 0.00505. The molecule has 27 heavy (non-hydrogen) atoms. The molecule has 0 radical (unpaired) electrons. The Morgan fingerprint density at radius 3 is 2.81 bits per heavy atom. The van der Waals surface area contributed by atoms with E-state index in [0.717, 1.165) is 29.7 Å². The zero-order valence-electron chi connectivity index (χ0n) is 14.7. The molecule has 0 N–H and O–H groups in total. The zero-order valence-corrected chi connectivity index (χ0v) is 15.4. The zero-order chi connectivity index (χ0) is 19.6. The molecule has 0 amide bonds. The summed E-state index contributed by atoms with van der Waals surface area (Å²) in [6, 6.07) is 4.41. The molecule has 1 aromatic carbocycles. The van der Waals surface area contributed by atoms with Gasteiger partial charge < -0.3 is 9.64 Å². The molecule has 2 heterocycles. The highest BCUT2D eigenvalue weighted by Crippen LogP contribution is 2.30.